The highest BCUT2D eigenvalue weighted by molar-refractivity contribution is 6.30. The van der Waals surface area contributed by atoms with Crippen LogP contribution in [0, 0.1) is 5.82 Å². The van der Waals surface area contributed by atoms with Crippen molar-refractivity contribution in [1.29, 1.82) is 0 Å². The lowest BCUT2D eigenvalue weighted by Crippen LogP contribution is -2.34. The minimum Gasteiger partial charge on any atom is -0.353 e. The molecule has 0 aromatic carbocycles. The van der Waals surface area contributed by atoms with Crippen LogP contribution in [0.4, 0.5) is 10.2 Å². The molecule has 0 aliphatic carbocycles. The predicted octanol–water partition coefficient (Wildman–Crippen LogP) is 2.04. The van der Waals surface area contributed by atoms with Crippen molar-refractivity contribution in [3.63, 3.8) is 0 Å². The number of hydrogen-bond acceptors (Lipinski definition) is 3. The maximum atomic E-state index is 13.5. The molecular weight excluding hydrogens is 219 g/mol. The molecule has 0 bridgehead atoms. The van der Waals surface area contributed by atoms with Gasteiger partial charge in [-0.2, -0.15) is 0 Å². The van der Waals surface area contributed by atoms with Gasteiger partial charge in [-0.25, -0.2) is 9.37 Å². The summed E-state index contributed by atoms with van der Waals surface area (Å²) in [6.07, 6.45) is 2.34. The molecule has 0 radical (unpaired) electrons. The van der Waals surface area contributed by atoms with Crippen LogP contribution in [-0.2, 0) is 4.79 Å². The minimum absolute atomic E-state index is 0.223. The van der Waals surface area contributed by atoms with E-state index < -0.39 is 5.82 Å². The third-order valence-electron chi connectivity index (χ3n) is 2.41. The van der Waals surface area contributed by atoms with Gasteiger partial charge in [0.25, 0.3) is 0 Å². The molecule has 0 N–H and O–H groups in total. The summed E-state index contributed by atoms with van der Waals surface area (Å²) in [6, 6.07) is 1.24. The molecule has 5 heteroatoms. The van der Waals surface area contributed by atoms with E-state index in [1.54, 1.807) is 4.90 Å². The van der Waals surface area contributed by atoms with E-state index in [2.05, 4.69) is 4.98 Å². The zero-order valence-electron chi connectivity index (χ0n) is 8.04. The van der Waals surface area contributed by atoms with Crippen LogP contribution in [0.1, 0.15) is 12.8 Å². The zero-order valence-corrected chi connectivity index (χ0v) is 8.80. The fourth-order valence-corrected chi connectivity index (χ4v) is 1.75. The van der Waals surface area contributed by atoms with Gasteiger partial charge in [0, 0.05) is 32.1 Å². The smallest absolute Gasteiger partial charge is 0.167 e. The Morgan fingerprint density at radius 3 is 2.67 bits per heavy atom. The molecule has 15 heavy (non-hydrogen) atoms. The molecule has 1 aromatic heterocycles. The Morgan fingerprint density at radius 2 is 2.07 bits per heavy atom. The SMILES string of the molecule is O=C1CCN(c2ncc(Cl)cc2F)CC1. The van der Waals surface area contributed by atoms with Gasteiger partial charge in [-0.05, 0) is 6.07 Å². The van der Waals surface area contributed by atoms with Crippen molar-refractivity contribution in [2.45, 2.75) is 12.8 Å². The number of carbonyl (C=O) groups is 1. The molecule has 3 nitrogen and oxygen atoms in total. The number of ketones is 1. The molecule has 1 aromatic rings. The van der Waals surface area contributed by atoms with Gasteiger partial charge in [0.2, 0.25) is 0 Å². The van der Waals surface area contributed by atoms with Gasteiger partial charge in [-0.3, -0.25) is 4.79 Å². The predicted molar refractivity (Wildman–Crippen MR) is 55.7 cm³/mol. The summed E-state index contributed by atoms with van der Waals surface area (Å²) in [5, 5.41) is 0.282. The van der Waals surface area contributed by atoms with Crippen molar-refractivity contribution >= 4 is 23.2 Å². The molecular formula is C10H10ClFN2O. The molecule has 0 amide bonds. The topological polar surface area (TPSA) is 33.2 Å². The maximum absolute atomic E-state index is 13.5. The molecule has 0 atom stereocenters. The minimum atomic E-state index is -0.433. The second kappa shape index (κ2) is 4.14. The molecule has 1 fully saturated rings. The second-order valence-corrected chi connectivity index (χ2v) is 3.92. The highest BCUT2D eigenvalue weighted by Gasteiger charge is 2.19. The van der Waals surface area contributed by atoms with Crippen LogP contribution in [-0.4, -0.2) is 23.9 Å². The molecule has 0 unspecified atom stereocenters. The van der Waals surface area contributed by atoms with E-state index in [0.29, 0.717) is 25.9 Å². The van der Waals surface area contributed by atoms with Crippen LogP contribution in [0.15, 0.2) is 12.3 Å². The van der Waals surface area contributed by atoms with E-state index in [1.165, 1.54) is 12.3 Å². The van der Waals surface area contributed by atoms with Crippen molar-refractivity contribution in [3.8, 4) is 0 Å². The fourth-order valence-electron chi connectivity index (χ4n) is 1.61. The third-order valence-corrected chi connectivity index (χ3v) is 2.62. The highest BCUT2D eigenvalue weighted by Crippen LogP contribution is 2.21. The van der Waals surface area contributed by atoms with Crippen molar-refractivity contribution in [3.05, 3.63) is 23.1 Å². The second-order valence-electron chi connectivity index (χ2n) is 3.48. The number of piperidine rings is 1. The van der Waals surface area contributed by atoms with E-state index >= 15 is 0 Å². The van der Waals surface area contributed by atoms with E-state index in [9.17, 15) is 9.18 Å². The molecule has 2 rings (SSSR count). The number of pyridine rings is 1. The Hall–Kier alpha value is -1.16. The van der Waals surface area contributed by atoms with Gasteiger partial charge in [0.1, 0.15) is 5.78 Å². The molecule has 1 aliphatic heterocycles. The van der Waals surface area contributed by atoms with Crippen LogP contribution >= 0.6 is 11.6 Å². The van der Waals surface area contributed by atoms with Crippen LogP contribution < -0.4 is 4.90 Å². The Morgan fingerprint density at radius 1 is 1.40 bits per heavy atom. The summed E-state index contributed by atoms with van der Waals surface area (Å²) < 4.78 is 13.5. The van der Waals surface area contributed by atoms with Crippen molar-refractivity contribution in [2.24, 2.45) is 0 Å². The summed E-state index contributed by atoms with van der Waals surface area (Å²) in [6.45, 7) is 1.06. The summed E-state index contributed by atoms with van der Waals surface area (Å²) in [5.74, 6) is 0.0735. The normalized spacial score (nSPS) is 16.9. The van der Waals surface area contributed by atoms with Crippen molar-refractivity contribution < 1.29 is 9.18 Å². The first-order valence-electron chi connectivity index (χ1n) is 4.74. The number of nitrogens with zero attached hydrogens (tertiary/aromatic N) is 2. The first kappa shape index (κ1) is 10.4. The first-order valence-corrected chi connectivity index (χ1v) is 5.12. The summed E-state index contributed by atoms with van der Waals surface area (Å²) in [5.41, 5.74) is 0. The number of rotatable bonds is 1. The van der Waals surface area contributed by atoms with Gasteiger partial charge < -0.3 is 4.90 Å². The quantitative estimate of drug-likeness (QED) is 0.738. The Labute approximate surface area is 91.9 Å². The van der Waals surface area contributed by atoms with Gasteiger partial charge in [-0.1, -0.05) is 11.6 Å². The molecule has 0 saturated carbocycles. The number of anilines is 1. The molecule has 1 saturated heterocycles. The van der Waals surface area contributed by atoms with Crippen LogP contribution in [0.5, 0.6) is 0 Å². The van der Waals surface area contributed by atoms with Crippen molar-refractivity contribution in [1.82, 2.24) is 4.98 Å². The molecule has 2 heterocycles. The number of aromatic nitrogens is 1. The summed E-state index contributed by atoms with van der Waals surface area (Å²) >= 11 is 5.60. The van der Waals surface area contributed by atoms with Gasteiger partial charge in [0.15, 0.2) is 11.6 Å². The Kier molecular flexibility index (Phi) is 2.86. The molecule has 80 valence electrons. The zero-order chi connectivity index (χ0) is 10.8. The summed E-state index contributed by atoms with van der Waals surface area (Å²) in [4.78, 5) is 16.7. The van der Waals surface area contributed by atoms with Crippen LogP contribution in [0.25, 0.3) is 0 Å². The van der Waals surface area contributed by atoms with Crippen LogP contribution in [0.3, 0.4) is 0 Å². The number of halogens is 2. The Balaban J connectivity index is 2.19. The molecule has 0 spiro atoms. The van der Waals surface area contributed by atoms with E-state index in [-0.39, 0.29) is 16.6 Å². The summed E-state index contributed by atoms with van der Waals surface area (Å²) in [7, 11) is 0. The van der Waals surface area contributed by atoms with E-state index in [1.807, 2.05) is 0 Å². The van der Waals surface area contributed by atoms with Gasteiger partial charge in [0.05, 0.1) is 5.02 Å². The molecule has 1 aliphatic rings. The average molecular weight is 229 g/mol. The lowest BCUT2D eigenvalue weighted by Gasteiger charge is -2.27. The van der Waals surface area contributed by atoms with Gasteiger partial charge >= 0.3 is 0 Å². The first-order chi connectivity index (χ1) is 7.16. The fraction of sp³-hybridized carbons (Fsp3) is 0.400. The van der Waals surface area contributed by atoms with E-state index in [4.69, 9.17) is 11.6 Å². The largest absolute Gasteiger partial charge is 0.353 e. The standard InChI is InChI=1S/C10H10ClFN2O/c11-7-5-9(12)10(13-6-7)14-3-1-8(15)2-4-14/h5-6H,1-4H2. The monoisotopic (exact) mass is 228 g/mol. The third kappa shape index (κ3) is 2.26. The maximum Gasteiger partial charge on any atom is 0.167 e. The highest BCUT2D eigenvalue weighted by atomic mass is 35.5. The number of Topliss-reactive ketones (excluding diaryl/α,β-unsaturated/α-hetero) is 1. The van der Waals surface area contributed by atoms with Gasteiger partial charge in [-0.15, -0.1) is 0 Å². The van der Waals surface area contributed by atoms with Crippen molar-refractivity contribution in [2.75, 3.05) is 18.0 Å². The Bertz CT molecular complexity index is 387. The lowest BCUT2D eigenvalue weighted by atomic mass is 10.1. The number of carbonyl (C=O) groups excluding carboxylic acids is 1. The lowest BCUT2D eigenvalue weighted by molar-refractivity contribution is -0.119. The average Bonchev–Trinajstić information content (AvgIpc) is 2.20. The van der Waals surface area contributed by atoms with Crippen LogP contribution in [0.2, 0.25) is 5.02 Å². The number of hydrogen-bond donors (Lipinski definition) is 0. The van der Waals surface area contributed by atoms with E-state index in [0.717, 1.165) is 0 Å².